The molecule has 2 aromatic rings. The number of hydrogen-bond acceptors (Lipinski definition) is 4. The maximum atomic E-state index is 14.8. The molecule has 0 bridgehead atoms. The summed E-state index contributed by atoms with van der Waals surface area (Å²) >= 11 is 3.19. The predicted molar refractivity (Wildman–Crippen MR) is 102 cm³/mol. The third-order valence-corrected chi connectivity index (χ3v) is 8.45. The Hall–Kier alpha value is -2.01. The van der Waals surface area contributed by atoms with E-state index in [9.17, 15) is 30.8 Å². The van der Waals surface area contributed by atoms with E-state index in [1.165, 1.54) is 12.1 Å². The molecule has 1 aliphatic carbocycles. The second kappa shape index (κ2) is 7.92. The molecule has 0 atom stereocenters. The number of nitrogens with one attached hydrogen (secondary N) is 1. The highest BCUT2D eigenvalue weighted by Gasteiger charge is 2.51. The van der Waals surface area contributed by atoms with E-state index in [0.29, 0.717) is 16.7 Å². The summed E-state index contributed by atoms with van der Waals surface area (Å²) in [5, 5.41) is 0. The number of rotatable bonds is 4. The highest BCUT2D eigenvalue weighted by Crippen LogP contribution is 2.49. The predicted octanol–water partition coefficient (Wildman–Crippen LogP) is 4.67. The first-order chi connectivity index (χ1) is 13.9. The number of alkyl halides is 3. The Morgan fingerprint density at radius 2 is 1.80 bits per heavy atom. The molecule has 1 N–H and O–H groups in total. The average Bonchev–Trinajstić information content (AvgIpc) is 2.69. The Morgan fingerprint density at radius 3 is 2.30 bits per heavy atom. The molecule has 11 heteroatoms. The molecule has 0 spiro atoms. The van der Waals surface area contributed by atoms with Crippen LogP contribution in [0.25, 0.3) is 0 Å². The zero-order valence-electron chi connectivity index (χ0n) is 15.3. The zero-order chi connectivity index (χ0) is 22.3. The van der Waals surface area contributed by atoms with Crippen molar-refractivity contribution in [2.24, 2.45) is 5.92 Å². The van der Waals surface area contributed by atoms with Gasteiger partial charge in [-0.15, -0.1) is 0 Å². The average molecular weight is 508 g/mol. The summed E-state index contributed by atoms with van der Waals surface area (Å²) in [5.74, 6) is -2.28. The van der Waals surface area contributed by atoms with Crippen molar-refractivity contribution in [3.63, 3.8) is 0 Å². The zero-order valence-corrected chi connectivity index (χ0v) is 17.7. The van der Waals surface area contributed by atoms with Gasteiger partial charge in [0.05, 0.1) is 4.90 Å². The van der Waals surface area contributed by atoms with Gasteiger partial charge in [-0.3, -0.25) is 15.5 Å². The number of carbonyl (C=O) groups is 1. The van der Waals surface area contributed by atoms with E-state index in [1.807, 2.05) is 0 Å². The smallest absolute Gasteiger partial charge is 0.273 e. The van der Waals surface area contributed by atoms with E-state index in [1.54, 1.807) is 0 Å². The molecule has 1 saturated carbocycles. The van der Waals surface area contributed by atoms with E-state index >= 15 is 0 Å². The summed E-state index contributed by atoms with van der Waals surface area (Å²) in [7, 11) is -4.39. The number of benzene rings is 1. The topological polar surface area (TPSA) is 87.9 Å². The third kappa shape index (κ3) is 3.96. The van der Waals surface area contributed by atoms with Crippen LogP contribution in [0.1, 0.15) is 36.9 Å². The third-order valence-electron chi connectivity index (χ3n) is 5.43. The van der Waals surface area contributed by atoms with Gasteiger partial charge in [0.2, 0.25) is 5.91 Å². The van der Waals surface area contributed by atoms with Crippen molar-refractivity contribution < 1.29 is 30.8 Å². The normalized spacial score (nSPS) is 22.6. The molecule has 1 aromatic heterocycles. The molecule has 3 rings (SSSR count). The van der Waals surface area contributed by atoms with Crippen molar-refractivity contribution in [2.75, 3.05) is 0 Å². The monoisotopic (exact) mass is 507 g/mol. The fourth-order valence-electron chi connectivity index (χ4n) is 3.81. The van der Waals surface area contributed by atoms with Gasteiger partial charge in [0.15, 0.2) is 9.84 Å². The van der Waals surface area contributed by atoms with E-state index in [4.69, 9.17) is 5.73 Å². The maximum absolute atomic E-state index is 14.8. The lowest BCUT2D eigenvalue weighted by Gasteiger charge is -2.39. The number of pyridine rings is 1. The molecular formula is C19H16BrF4N2O3S. The number of aromatic nitrogens is 1. The summed E-state index contributed by atoms with van der Waals surface area (Å²) in [6, 6.07) is 5.20. The number of halogens is 5. The number of carbonyl (C=O) groups excluding carboxylic acids is 1. The van der Waals surface area contributed by atoms with Crippen molar-refractivity contribution in [1.82, 2.24) is 10.7 Å². The van der Waals surface area contributed by atoms with Crippen LogP contribution < -0.4 is 5.73 Å². The maximum Gasteiger partial charge on any atom is 0.433 e. The van der Waals surface area contributed by atoms with Crippen LogP contribution in [-0.2, 0) is 25.6 Å². The molecule has 1 heterocycles. The first-order valence-corrected chi connectivity index (χ1v) is 11.1. The summed E-state index contributed by atoms with van der Waals surface area (Å²) in [6.07, 6.45) is -4.33. The summed E-state index contributed by atoms with van der Waals surface area (Å²) in [5.41, 5.74) is 5.92. The van der Waals surface area contributed by atoms with E-state index in [0.717, 1.165) is 12.1 Å². The Morgan fingerprint density at radius 1 is 1.17 bits per heavy atom. The van der Waals surface area contributed by atoms with Gasteiger partial charge in [0, 0.05) is 22.2 Å². The van der Waals surface area contributed by atoms with Crippen LogP contribution in [0.5, 0.6) is 0 Å². The molecule has 1 aliphatic rings. The molecule has 1 fully saturated rings. The van der Waals surface area contributed by atoms with Crippen LogP contribution in [0, 0.1) is 11.7 Å². The van der Waals surface area contributed by atoms with Crippen molar-refractivity contribution in [3.8, 4) is 0 Å². The van der Waals surface area contributed by atoms with E-state index in [-0.39, 0.29) is 31.2 Å². The molecule has 1 amide bonds. The quantitative estimate of drug-likeness (QED) is 0.562. The summed E-state index contributed by atoms with van der Waals surface area (Å²) in [6.45, 7) is 0. The Labute approximate surface area is 178 Å². The Balaban J connectivity index is 2.15. The van der Waals surface area contributed by atoms with Crippen LogP contribution in [0.15, 0.2) is 45.9 Å². The summed E-state index contributed by atoms with van der Waals surface area (Å²) in [4.78, 5) is 14.2. The van der Waals surface area contributed by atoms with Gasteiger partial charge >= 0.3 is 6.18 Å². The van der Waals surface area contributed by atoms with Gasteiger partial charge < -0.3 is 0 Å². The van der Waals surface area contributed by atoms with Gasteiger partial charge in [-0.25, -0.2) is 12.8 Å². The van der Waals surface area contributed by atoms with Gasteiger partial charge in [0.1, 0.15) is 16.3 Å². The second-order valence-electron chi connectivity index (χ2n) is 7.14. The van der Waals surface area contributed by atoms with E-state index in [2.05, 4.69) is 20.9 Å². The molecule has 161 valence electrons. The molecule has 0 aliphatic heterocycles. The minimum atomic E-state index is -4.73. The molecule has 0 saturated heterocycles. The second-order valence-corrected chi connectivity index (χ2v) is 10.3. The van der Waals surface area contributed by atoms with Crippen LogP contribution >= 0.6 is 15.9 Å². The van der Waals surface area contributed by atoms with Crippen LogP contribution in [-0.4, -0.2) is 19.3 Å². The lowest BCUT2D eigenvalue weighted by atomic mass is 9.77. The first kappa shape index (κ1) is 22.7. The SMILES string of the molecule is [NH]C(=O)C1CCC(c2cc(Br)ccc2F)(S(=O)(=O)c2ccc(C(F)(F)F)nc2)CC1. The Bertz CT molecular complexity index is 1060. The van der Waals surface area contributed by atoms with Crippen molar-refractivity contribution in [2.45, 2.75) is 41.5 Å². The number of amides is 1. The van der Waals surface area contributed by atoms with Crippen LogP contribution in [0.3, 0.4) is 0 Å². The lowest BCUT2D eigenvalue weighted by molar-refractivity contribution is -0.141. The van der Waals surface area contributed by atoms with Crippen LogP contribution in [0.2, 0.25) is 0 Å². The van der Waals surface area contributed by atoms with Gasteiger partial charge in [0.25, 0.3) is 0 Å². The number of sulfone groups is 1. The highest BCUT2D eigenvalue weighted by atomic mass is 79.9. The van der Waals surface area contributed by atoms with Gasteiger partial charge in [-0.2, -0.15) is 13.2 Å². The molecule has 30 heavy (non-hydrogen) atoms. The number of hydrogen-bond donors (Lipinski definition) is 0. The van der Waals surface area contributed by atoms with E-state index < -0.39 is 49.0 Å². The minimum Gasteiger partial charge on any atom is -0.273 e. The molecule has 0 unspecified atom stereocenters. The van der Waals surface area contributed by atoms with Gasteiger partial charge in [-0.1, -0.05) is 15.9 Å². The first-order valence-electron chi connectivity index (χ1n) is 8.87. The molecule has 1 aromatic carbocycles. The molecular weight excluding hydrogens is 492 g/mol. The minimum absolute atomic E-state index is 0.0432. The molecule has 5 nitrogen and oxygen atoms in total. The highest BCUT2D eigenvalue weighted by molar-refractivity contribution is 9.10. The molecule has 1 radical (unpaired) electrons. The fraction of sp³-hybridized carbons (Fsp3) is 0.368. The van der Waals surface area contributed by atoms with Crippen molar-refractivity contribution >= 4 is 31.7 Å². The Kier molecular flexibility index (Phi) is 5.98. The van der Waals surface area contributed by atoms with Crippen LogP contribution in [0.4, 0.5) is 17.6 Å². The largest absolute Gasteiger partial charge is 0.433 e. The number of nitrogens with zero attached hydrogens (tertiary/aromatic N) is 1. The summed E-state index contributed by atoms with van der Waals surface area (Å²) < 4.78 is 79.0. The standard InChI is InChI=1S/C19H16BrF4N2O3S/c20-12-1-3-15(21)14(9-12)18(7-5-11(6-8-18)17(25)27)30(28,29)13-2-4-16(26-10-13)19(22,23)24/h1-4,9-11,25H,5-8H2. The van der Waals surface area contributed by atoms with Crippen molar-refractivity contribution in [1.29, 1.82) is 0 Å². The lowest BCUT2D eigenvalue weighted by Crippen LogP contribution is -2.42. The van der Waals surface area contributed by atoms with Crippen molar-refractivity contribution in [3.05, 3.63) is 58.1 Å². The fourth-order valence-corrected chi connectivity index (χ4v) is 6.28. The van der Waals surface area contributed by atoms with Gasteiger partial charge in [-0.05, 0) is 56.0 Å².